The van der Waals surface area contributed by atoms with Gasteiger partial charge < -0.3 is 5.32 Å². The van der Waals surface area contributed by atoms with Crippen molar-refractivity contribution in [3.63, 3.8) is 0 Å². The van der Waals surface area contributed by atoms with E-state index < -0.39 is 0 Å². The fourth-order valence-corrected chi connectivity index (χ4v) is 5.20. The number of carbonyl (C=O) groups is 1. The molecule has 1 N–H and O–H groups in total. The maximum atomic E-state index is 13.6. The molecule has 0 radical (unpaired) electrons. The van der Waals surface area contributed by atoms with Crippen LogP contribution in [-0.4, -0.2) is 10.8 Å². The average Bonchev–Trinajstić information content (AvgIpc) is 2.84. The van der Waals surface area contributed by atoms with Crippen LogP contribution in [0.5, 0.6) is 0 Å². The number of rotatable bonds is 2. The number of nitrogens with one attached hydrogen (secondary N) is 1. The summed E-state index contributed by atoms with van der Waals surface area (Å²) in [5.74, 6) is 0.432. The van der Waals surface area contributed by atoms with Crippen LogP contribution in [-0.2, 0) is 4.79 Å². The van der Waals surface area contributed by atoms with E-state index in [0.29, 0.717) is 6.42 Å². The van der Waals surface area contributed by atoms with Gasteiger partial charge in [0.05, 0.1) is 6.04 Å². The molecule has 2 aliphatic rings. The van der Waals surface area contributed by atoms with Crippen LogP contribution in [0.15, 0.2) is 96.8 Å². The van der Waals surface area contributed by atoms with Crippen molar-refractivity contribution in [2.24, 2.45) is 0 Å². The van der Waals surface area contributed by atoms with Crippen molar-refractivity contribution in [2.45, 2.75) is 24.8 Å². The smallest absolute Gasteiger partial charge is 0.162 e. The summed E-state index contributed by atoms with van der Waals surface area (Å²) in [6.07, 6.45) is 5.05. The third-order valence-electron chi connectivity index (χ3n) is 6.62. The summed E-state index contributed by atoms with van der Waals surface area (Å²) < 4.78 is 0. The molecule has 0 saturated heterocycles. The number of fused-ring (bicyclic) bond motifs is 4. The van der Waals surface area contributed by atoms with E-state index >= 15 is 0 Å². The van der Waals surface area contributed by atoms with Gasteiger partial charge in [0.25, 0.3) is 0 Å². The number of carbonyl (C=O) groups excluding carboxylic acids is 1. The molecule has 0 unspecified atom stereocenters. The lowest BCUT2D eigenvalue weighted by molar-refractivity contribution is -0.116. The summed E-state index contributed by atoms with van der Waals surface area (Å²) in [5.41, 5.74) is 6.63. The maximum absolute atomic E-state index is 13.6. The predicted molar refractivity (Wildman–Crippen MR) is 125 cm³/mol. The second-order valence-electron chi connectivity index (χ2n) is 8.40. The second-order valence-corrected chi connectivity index (χ2v) is 8.40. The van der Waals surface area contributed by atoms with Crippen molar-refractivity contribution >= 4 is 27.8 Å². The van der Waals surface area contributed by atoms with Crippen LogP contribution in [0.3, 0.4) is 0 Å². The topological polar surface area (TPSA) is 42.0 Å². The Bertz CT molecular complexity index is 1330. The first kappa shape index (κ1) is 18.1. The largest absolute Gasteiger partial charge is 0.373 e. The first-order valence-electron chi connectivity index (χ1n) is 10.8. The van der Waals surface area contributed by atoms with Crippen molar-refractivity contribution < 1.29 is 4.79 Å². The SMILES string of the molecule is O=C1C[C@@H](c2ccccc2)CC2=C1[C@H](c1cccnc1)Nc1ccc3ccccc3c12. The van der Waals surface area contributed by atoms with Crippen LogP contribution >= 0.6 is 0 Å². The number of hydrogen-bond donors (Lipinski definition) is 1. The van der Waals surface area contributed by atoms with Crippen molar-refractivity contribution in [1.29, 1.82) is 0 Å². The Morgan fingerprint density at radius 2 is 1.61 bits per heavy atom. The normalized spacial score (nSPS) is 20.2. The molecular formula is C28H22N2O. The predicted octanol–water partition coefficient (Wildman–Crippen LogP) is 6.30. The molecule has 150 valence electrons. The number of allylic oxidation sites excluding steroid dienone is 1. The maximum Gasteiger partial charge on any atom is 0.162 e. The number of nitrogens with zero attached hydrogens (tertiary/aromatic N) is 1. The zero-order chi connectivity index (χ0) is 20.8. The van der Waals surface area contributed by atoms with E-state index in [0.717, 1.165) is 23.2 Å². The Balaban J connectivity index is 1.59. The van der Waals surface area contributed by atoms with Crippen molar-refractivity contribution in [3.8, 4) is 0 Å². The molecule has 31 heavy (non-hydrogen) atoms. The van der Waals surface area contributed by atoms with Gasteiger partial charge in [0, 0.05) is 35.6 Å². The van der Waals surface area contributed by atoms with Gasteiger partial charge in [-0.1, -0.05) is 66.7 Å². The molecule has 2 atom stereocenters. The van der Waals surface area contributed by atoms with E-state index in [1.807, 2.05) is 18.3 Å². The highest BCUT2D eigenvalue weighted by Crippen LogP contribution is 2.50. The highest BCUT2D eigenvalue weighted by molar-refractivity contribution is 6.13. The summed E-state index contributed by atoms with van der Waals surface area (Å²) in [6.45, 7) is 0. The van der Waals surface area contributed by atoms with Gasteiger partial charge in [-0.05, 0) is 51.9 Å². The van der Waals surface area contributed by atoms with Crippen molar-refractivity contribution in [2.75, 3.05) is 5.32 Å². The summed E-state index contributed by atoms with van der Waals surface area (Å²) >= 11 is 0. The minimum absolute atomic E-state index is 0.165. The first-order valence-corrected chi connectivity index (χ1v) is 10.8. The van der Waals surface area contributed by atoms with Gasteiger partial charge >= 0.3 is 0 Å². The third kappa shape index (κ3) is 2.97. The molecule has 0 bridgehead atoms. The quantitative estimate of drug-likeness (QED) is 0.428. The van der Waals surface area contributed by atoms with Gasteiger partial charge in [-0.25, -0.2) is 0 Å². The molecule has 0 spiro atoms. The van der Waals surface area contributed by atoms with Crippen LogP contribution in [0.1, 0.15) is 41.5 Å². The molecule has 1 aliphatic carbocycles. The Morgan fingerprint density at radius 3 is 2.45 bits per heavy atom. The number of Topliss-reactive ketones (excluding diaryl/α,β-unsaturated/α-hetero) is 1. The summed E-state index contributed by atoms with van der Waals surface area (Å²) in [5, 5.41) is 6.07. The average molecular weight is 402 g/mol. The van der Waals surface area contributed by atoms with Gasteiger partial charge in [-0.15, -0.1) is 0 Å². The van der Waals surface area contributed by atoms with Gasteiger partial charge in [0.2, 0.25) is 0 Å². The molecule has 0 amide bonds. The fraction of sp³-hybridized carbons (Fsp3) is 0.143. The van der Waals surface area contributed by atoms with E-state index in [4.69, 9.17) is 0 Å². The van der Waals surface area contributed by atoms with E-state index in [1.165, 1.54) is 27.5 Å². The van der Waals surface area contributed by atoms with Crippen LogP contribution in [0.25, 0.3) is 16.3 Å². The van der Waals surface area contributed by atoms with Gasteiger partial charge in [0.15, 0.2) is 5.78 Å². The molecule has 2 heterocycles. The highest BCUT2D eigenvalue weighted by atomic mass is 16.1. The third-order valence-corrected chi connectivity index (χ3v) is 6.62. The molecule has 0 saturated carbocycles. The van der Waals surface area contributed by atoms with E-state index in [1.54, 1.807) is 6.20 Å². The number of hydrogen-bond acceptors (Lipinski definition) is 3. The number of anilines is 1. The molecule has 1 aliphatic heterocycles. The first-order chi connectivity index (χ1) is 15.3. The Hall–Kier alpha value is -3.72. The van der Waals surface area contributed by atoms with E-state index in [9.17, 15) is 4.79 Å². The zero-order valence-electron chi connectivity index (χ0n) is 17.1. The second kappa shape index (κ2) is 7.21. The Kier molecular flexibility index (Phi) is 4.20. The molecule has 3 aromatic carbocycles. The standard InChI is InChI=1S/C28H22N2O/c31-25-16-21(18-7-2-1-3-8-18)15-23-26-22-11-5-4-9-19(22)12-13-24(26)30-28(27(23)25)20-10-6-14-29-17-20/h1-14,17,21,28,30H,15-16H2/t21-,28-/m0/s1. The summed E-state index contributed by atoms with van der Waals surface area (Å²) in [6, 6.07) is 27.0. The molecule has 0 fully saturated rings. The van der Waals surface area contributed by atoms with Crippen LogP contribution in [0, 0.1) is 0 Å². The molecule has 3 nitrogen and oxygen atoms in total. The molecule has 1 aromatic heterocycles. The van der Waals surface area contributed by atoms with Gasteiger partial charge in [-0.3, -0.25) is 9.78 Å². The van der Waals surface area contributed by atoms with E-state index in [-0.39, 0.29) is 17.7 Å². The summed E-state index contributed by atoms with van der Waals surface area (Å²) in [4.78, 5) is 17.9. The van der Waals surface area contributed by atoms with Gasteiger partial charge in [-0.2, -0.15) is 0 Å². The molecule has 3 heteroatoms. The minimum Gasteiger partial charge on any atom is -0.373 e. The Labute approximate surface area is 181 Å². The van der Waals surface area contributed by atoms with Crippen molar-refractivity contribution in [1.82, 2.24) is 4.98 Å². The van der Waals surface area contributed by atoms with E-state index in [2.05, 4.69) is 77.0 Å². The minimum atomic E-state index is -0.165. The number of pyridine rings is 1. The number of ketones is 1. The zero-order valence-corrected chi connectivity index (χ0v) is 17.1. The van der Waals surface area contributed by atoms with Crippen LogP contribution in [0.2, 0.25) is 0 Å². The fourth-order valence-electron chi connectivity index (χ4n) is 5.20. The van der Waals surface area contributed by atoms with Gasteiger partial charge in [0.1, 0.15) is 0 Å². The lowest BCUT2D eigenvalue weighted by atomic mass is 9.72. The number of aromatic nitrogens is 1. The molecule has 4 aromatic rings. The van der Waals surface area contributed by atoms with Crippen LogP contribution < -0.4 is 5.32 Å². The Morgan fingerprint density at radius 1 is 0.806 bits per heavy atom. The monoisotopic (exact) mass is 402 g/mol. The lowest BCUT2D eigenvalue weighted by Crippen LogP contribution is -2.29. The van der Waals surface area contributed by atoms with Crippen LogP contribution in [0.4, 0.5) is 5.69 Å². The molecule has 6 rings (SSSR count). The highest BCUT2D eigenvalue weighted by Gasteiger charge is 2.38. The number of benzene rings is 3. The molecular weight excluding hydrogens is 380 g/mol. The van der Waals surface area contributed by atoms with Crippen molar-refractivity contribution in [3.05, 3.63) is 114 Å². The lowest BCUT2D eigenvalue weighted by Gasteiger charge is -2.37. The summed E-state index contributed by atoms with van der Waals surface area (Å²) in [7, 11) is 0.